The van der Waals surface area contributed by atoms with Crippen molar-refractivity contribution in [3.05, 3.63) is 47.6 Å². The Balaban J connectivity index is 2.37. The molecule has 92 valence electrons. The smallest absolute Gasteiger partial charge is 0.199 e. The van der Waals surface area contributed by atoms with E-state index in [0.717, 1.165) is 0 Å². The summed E-state index contributed by atoms with van der Waals surface area (Å²) in [5.41, 5.74) is 10.6. The lowest BCUT2D eigenvalue weighted by Gasteiger charge is -2.08. The first kappa shape index (κ1) is 12.2. The SMILES string of the molecule is NC(N)=Nc1ncc(Cl)cc1Oc1ccccc1. The zero-order valence-electron chi connectivity index (χ0n) is 9.38. The molecule has 6 heteroatoms. The van der Waals surface area contributed by atoms with Gasteiger partial charge in [0.25, 0.3) is 0 Å². The Morgan fingerprint density at radius 1 is 1.22 bits per heavy atom. The summed E-state index contributed by atoms with van der Waals surface area (Å²) in [6.45, 7) is 0. The molecule has 4 N–H and O–H groups in total. The average Bonchev–Trinajstić information content (AvgIpc) is 2.33. The first-order valence-electron chi connectivity index (χ1n) is 5.13. The highest BCUT2D eigenvalue weighted by molar-refractivity contribution is 6.30. The number of benzene rings is 1. The molecule has 0 aliphatic rings. The summed E-state index contributed by atoms with van der Waals surface area (Å²) in [4.78, 5) is 7.88. The molecule has 0 bridgehead atoms. The second-order valence-corrected chi connectivity index (χ2v) is 3.86. The summed E-state index contributed by atoms with van der Waals surface area (Å²) in [5, 5.41) is 0.440. The van der Waals surface area contributed by atoms with Crippen LogP contribution in [0.15, 0.2) is 47.6 Å². The van der Waals surface area contributed by atoms with E-state index in [-0.39, 0.29) is 11.8 Å². The van der Waals surface area contributed by atoms with Crippen molar-refractivity contribution in [1.82, 2.24) is 4.98 Å². The van der Waals surface area contributed by atoms with Crippen LogP contribution in [0.4, 0.5) is 5.82 Å². The lowest BCUT2D eigenvalue weighted by Crippen LogP contribution is -2.22. The highest BCUT2D eigenvalue weighted by Crippen LogP contribution is 2.31. The van der Waals surface area contributed by atoms with Crippen LogP contribution >= 0.6 is 11.6 Å². The van der Waals surface area contributed by atoms with Crippen molar-refractivity contribution in [3.8, 4) is 11.5 Å². The fraction of sp³-hybridized carbons (Fsp3) is 0. The largest absolute Gasteiger partial charge is 0.453 e. The standard InChI is InChI=1S/C12H11ClN4O/c13-8-6-10(11(16-7-8)17-12(14)15)18-9-4-2-1-3-5-9/h1-7H,(H4,14,15,16,17). The molecule has 1 aromatic carbocycles. The van der Waals surface area contributed by atoms with Gasteiger partial charge in [-0.3, -0.25) is 0 Å². The van der Waals surface area contributed by atoms with E-state index in [0.29, 0.717) is 16.5 Å². The van der Waals surface area contributed by atoms with Gasteiger partial charge in [-0.1, -0.05) is 29.8 Å². The van der Waals surface area contributed by atoms with Crippen LogP contribution in [0.3, 0.4) is 0 Å². The molecule has 1 heterocycles. The predicted molar refractivity (Wildman–Crippen MR) is 71.2 cm³/mol. The van der Waals surface area contributed by atoms with Crippen LogP contribution in [0.1, 0.15) is 0 Å². The van der Waals surface area contributed by atoms with Gasteiger partial charge in [-0.25, -0.2) is 4.98 Å². The molecule has 0 unspecified atom stereocenters. The highest BCUT2D eigenvalue weighted by atomic mass is 35.5. The number of aliphatic imine (C=N–C) groups is 1. The molecule has 18 heavy (non-hydrogen) atoms. The molecule has 0 fully saturated rings. The number of nitrogens with two attached hydrogens (primary N) is 2. The van der Waals surface area contributed by atoms with Crippen LogP contribution in [0, 0.1) is 0 Å². The first-order chi connectivity index (χ1) is 8.65. The van der Waals surface area contributed by atoms with Gasteiger partial charge in [0.2, 0.25) is 0 Å². The Hall–Kier alpha value is -2.27. The summed E-state index contributed by atoms with van der Waals surface area (Å²) in [7, 11) is 0. The lowest BCUT2D eigenvalue weighted by atomic mass is 10.3. The van der Waals surface area contributed by atoms with Crippen LogP contribution < -0.4 is 16.2 Å². The second kappa shape index (κ2) is 5.37. The molecule has 0 radical (unpaired) electrons. The van der Waals surface area contributed by atoms with E-state index in [1.807, 2.05) is 18.2 Å². The normalized spacial score (nSPS) is 9.83. The van der Waals surface area contributed by atoms with E-state index in [9.17, 15) is 0 Å². The zero-order valence-corrected chi connectivity index (χ0v) is 10.1. The number of guanidine groups is 1. The van der Waals surface area contributed by atoms with Gasteiger partial charge in [0.15, 0.2) is 17.5 Å². The van der Waals surface area contributed by atoms with Gasteiger partial charge in [-0.15, -0.1) is 0 Å². The number of hydrogen-bond acceptors (Lipinski definition) is 3. The third-order valence-corrected chi connectivity index (χ3v) is 2.21. The minimum absolute atomic E-state index is 0.0947. The third kappa shape index (κ3) is 3.11. The van der Waals surface area contributed by atoms with Crippen LogP contribution in [0.5, 0.6) is 11.5 Å². The molecule has 2 aromatic rings. The van der Waals surface area contributed by atoms with Crippen molar-refractivity contribution in [2.75, 3.05) is 0 Å². The first-order valence-corrected chi connectivity index (χ1v) is 5.51. The highest BCUT2D eigenvalue weighted by Gasteiger charge is 2.07. The average molecular weight is 263 g/mol. The molecule has 0 spiro atoms. The number of nitrogens with zero attached hydrogens (tertiary/aromatic N) is 2. The van der Waals surface area contributed by atoms with E-state index in [2.05, 4.69) is 9.98 Å². The van der Waals surface area contributed by atoms with E-state index in [4.69, 9.17) is 27.8 Å². The van der Waals surface area contributed by atoms with Crippen LogP contribution in [0.25, 0.3) is 0 Å². The minimum Gasteiger partial charge on any atom is -0.453 e. The van der Waals surface area contributed by atoms with Crippen LogP contribution in [-0.2, 0) is 0 Å². The van der Waals surface area contributed by atoms with Crippen LogP contribution in [-0.4, -0.2) is 10.9 Å². The summed E-state index contributed by atoms with van der Waals surface area (Å²) in [5.74, 6) is 1.22. The molecule has 0 amide bonds. The molecule has 2 rings (SSSR count). The number of halogens is 1. The van der Waals surface area contributed by atoms with Gasteiger partial charge < -0.3 is 16.2 Å². The van der Waals surface area contributed by atoms with Gasteiger partial charge in [0.1, 0.15) is 5.75 Å². The number of pyridine rings is 1. The Bertz CT molecular complexity index is 568. The monoisotopic (exact) mass is 262 g/mol. The number of hydrogen-bond donors (Lipinski definition) is 2. The molecule has 0 aliphatic heterocycles. The number of ether oxygens (including phenoxy) is 1. The summed E-state index contributed by atoms with van der Waals surface area (Å²) >= 11 is 5.87. The van der Waals surface area contributed by atoms with E-state index in [1.165, 1.54) is 6.20 Å². The molecule has 0 aliphatic carbocycles. The fourth-order valence-electron chi connectivity index (χ4n) is 1.31. The Labute approximate surface area is 109 Å². The number of para-hydroxylation sites is 1. The Morgan fingerprint density at radius 3 is 2.61 bits per heavy atom. The molecular weight excluding hydrogens is 252 g/mol. The van der Waals surface area contributed by atoms with Crippen molar-refractivity contribution in [2.24, 2.45) is 16.5 Å². The van der Waals surface area contributed by atoms with Crippen LogP contribution in [0.2, 0.25) is 5.02 Å². The van der Waals surface area contributed by atoms with Crippen molar-refractivity contribution in [1.29, 1.82) is 0 Å². The lowest BCUT2D eigenvalue weighted by molar-refractivity contribution is 0.482. The third-order valence-electron chi connectivity index (χ3n) is 2.01. The molecular formula is C12H11ClN4O. The van der Waals surface area contributed by atoms with Crippen molar-refractivity contribution in [3.63, 3.8) is 0 Å². The zero-order chi connectivity index (χ0) is 13.0. The topological polar surface area (TPSA) is 86.5 Å². The molecule has 0 saturated carbocycles. The van der Waals surface area contributed by atoms with Gasteiger partial charge in [0.05, 0.1) is 5.02 Å². The molecule has 0 saturated heterocycles. The molecule has 1 aromatic heterocycles. The summed E-state index contributed by atoms with van der Waals surface area (Å²) in [6.07, 6.45) is 1.45. The summed E-state index contributed by atoms with van der Waals surface area (Å²) < 4.78 is 5.63. The van der Waals surface area contributed by atoms with E-state index >= 15 is 0 Å². The maximum absolute atomic E-state index is 5.87. The van der Waals surface area contributed by atoms with E-state index in [1.54, 1.807) is 18.2 Å². The Morgan fingerprint density at radius 2 is 1.94 bits per heavy atom. The molecule has 0 atom stereocenters. The van der Waals surface area contributed by atoms with Gasteiger partial charge >= 0.3 is 0 Å². The number of rotatable bonds is 3. The number of aromatic nitrogens is 1. The van der Waals surface area contributed by atoms with Crippen molar-refractivity contribution >= 4 is 23.4 Å². The summed E-state index contributed by atoms with van der Waals surface area (Å²) in [6, 6.07) is 10.8. The maximum atomic E-state index is 5.87. The quantitative estimate of drug-likeness (QED) is 0.657. The Kier molecular flexibility index (Phi) is 3.64. The van der Waals surface area contributed by atoms with Gasteiger partial charge in [0, 0.05) is 12.3 Å². The maximum Gasteiger partial charge on any atom is 0.199 e. The van der Waals surface area contributed by atoms with Crippen molar-refractivity contribution in [2.45, 2.75) is 0 Å². The van der Waals surface area contributed by atoms with Gasteiger partial charge in [-0.2, -0.15) is 4.99 Å². The fourth-order valence-corrected chi connectivity index (χ4v) is 1.46. The van der Waals surface area contributed by atoms with Crippen molar-refractivity contribution < 1.29 is 4.74 Å². The van der Waals surface area contributed by atoms with E-state index < -0.39 is 0 Å². The van der Waals surface area contributed by atoms with Gasteiger partial charge in [-0.05, 0) is 12.1 Å². The minimum atomic E-state index is -0.0947. The second-order valence-electron chi connectivity index (χ2n) is 3.43. The predicted octanol–water partition coefficient (Wildman–Crippen LogP) is 2.43. The molecule has 5 nitrogen and oxygen atoms in total.